The summed E-state index contributed by atoms with van der Waals surface area (Å²) in [6.07, 6.45) is 3.01. The number of rotatable bonds is 10. The second kappa shape index (κ2) is 11.9. The summed E-state index contributed by atoms with van der Waals surface area (Å²) in [5, 5.41) is 0.748. The van der Waals surface area contributed by atoms with Crippen molar-refractivity contribution >= 4 is 45.0 Å². The van der Waals surface area contributed by atoms with Crippen molar-refractivity contribution < 1.29 is 9.53 Å². The summed E-state index contributed by atoms with van der Waals surface area (Å²) < 4.78 is 6.81. The topological polar surface area (TPSA) is 45.7 Å². The van der Waals surface area contributed by atoms with Crippen LogP contribution in [-0.4, -0.2) is 49.6 Å². The summed E-state index contributed by atoms with van der Waals surface area (Å²) in [6.45, 7) is 4.38. The molecule has 0 aliphatic rings. The maximum atomic E-state index is 13.3. The van der Waals surface area contributed by atoms with Gasteiger partial charge in [0.15, 0.2) is 5.13 Å². The van der Waals surface area contributed by atoms with Crippen molar-refractivity contribution in [1.82, 2.24) is 9.88 Å². The van der Waals surface area contributed by atoms with Crippen LogP contribution in [-0.2, 0) is 0 Å². The lowest BCUT2D eigenvalue weighted by molar-refractivity contribution is 0.0986. The van der Waals surface area contributed by atoms with Crippen LogP contribution in [0.1, 0.15) is 36.5 Å². The molecular weight excluding hydrogens is 418 g/mol. The van der Waals surface area contributed by atoms with Gasteiger partial charge < -0.3 is 9.64 Å². The van der Waals surface area contributed by atoms with Gasteiger partial charge >= 0.3 is 0 Å². The molecule has 0 bridgehead atoms. The number of amides is 1. The second-order valence-corrected chi connectivity index (χ2v) is 8.31. The van der Waals surface area contributed by atoms with Crippen molar-refractivity contribution in [2.75, 3.05) is 38.7 Å². The summed E-state index contributed by atoms with van der Waals surface area (Å²) >= 11 is 1.56. The van der Waals surface area contributed by atoms with Gasteiger partial charge in [-0.25, -0.2) is 4.98 Å². The van der Waals surface area contributed by atoms with Crippen LogP contribution in [0.3, 0.4) is 0 Å². The summed E-state index contributed by atoms with van der Waals surface area (Å²) in [7, 11) is 4.09. The van der Waals surface area contributed by atoms with Crippen molar-refractivity contribution in [2.45, 2.75) is 26.2 Å². The summed E-state index contributed by atoms with van der Waals surface area (Å²) in [5.74, 6) is 0.775. The first-order valence-corrected chi connectivity index (χ1v) is 10.9. The molecule has 0 saturated carbocycles. The van der Waals surface area contributed by atoms with E-state index in [1.54, 1.807) is 16.2 Å². The molecule has 1 heterocycles. The minimum Gasteiger partial charge on any atom is -0.494 e. The van der Waals surface area contributed by atoms with Gasteiger partial charge in [0.25, 0.3) is 5.91 Å². The largest absolute Gasteiger partial charge is 0.494 e. The van der Waals surface area contributed by atoms with Crippen LogP contribution in [0.2, 0.25) is 0 Å². The maximum Gasteiger partial charge on any atom is 0.260 e. The van der Waals surface area contributed by atoms with E-state index in [-0.39, 0.29) is 18.3 Å². The van der Waals surface area contributed by atoms with E-state index in [1.165, 1.54) is 0 Å². The van der Waals surface area contributed by atoms with Crippen molar-refractivity contribution in [3.05, 3.63) is 54.1 Å². The highest BCUT2D eigenvalue weighted by molar-refractivity contribution is 7.22. The number of anilines is 1. The highest BCUT2D eigenvalue weighted by Crippen LogP contribution is 2.30. The number of unbranched alkanes of at least 4 members (excludes halogenated alkanes) is 1. The van der Waals surface area contributed by atoms with Gasteiger partial charge in [-0.1, -0.05) is 36.8 Å². The third-order valence-corrected chi connectivity index (χ3v) is 5.67. The molecular formula is C23H30ClN3O2S. The van der Waals surface area contributed by atoms with E-state index in [9.17, 15) is 4.79 Å². The molecule has 0 spiro atoms. The van der Waals surface area contributed by atoms with Crippen LogP contribution in [0.25, 0.3) is 10.2 Å². The number of aromatic nitrogens is 1. The predicted octanol–water partition coefficient (Wildman–Crippen LogP) is 5.50. The molecule has 0 unspecified atom stereocenters. The molecule has 7 heteroatoms. The Balaban J connectivity index is 0.00000320. The highest BCUT2D eigenvalue weighted by Gasteiger charge is 2.21. The van der Waals surface area contributed by atoms with E-state index in [0.717, 1.165) is 46.9 Å². The van der Waals surface area contributed by atoms with Crippen LogP contribution in [0.5, 0.6) is 5.75 Å². The van der Waals surface area contributed by atoms with E-state index in [2.05, 4.69) is 11.8 Å². The molecule has 0 N–H and O–H groups in total. The number of hydrogen-bond donors (Lipinski definition) is 0. The molecule has 0 radical (unpaired) electrons. The quantitative estimate of drug-likeness (QED) is 0.385. The predicted molar refractivity (Wildman–Crippen MR) is 129 cm³/mol. The summed E-state index contributed by atoms with van der Waals surface area (Å²) in [4.78, 5) is 22.0. The lowest BCUT2D eigenvalue weighted by Crippen LogP contribution is -2.33. The zero-order valence-electron chi connectivity index (χ0n) is 17.8. The minimum absolute atomic E-state index is 0. The molecule has 3 aromatic rings. The van der Waals surface area contributed by atoms with Crippen molar-refractivity contribution in [1.29, 1.82) is 0 Å². The van der Waals surface area contributed by atoms with Crippen molar-refractivity contribution in [2.24, 2.45) is 0 Å². The molecule has 0 aliphatic carbocycles. The van der Waals surface area contributed by atoms with Crippen LogP contribution >= 0.6 is 23.7 Å². The normalized spacial score (nSPS) is 10.8. The van der Waals surface area contributed by atoms with E-state index < -0.39 is 0 Å². The van der Waals surface area contributed by atoms with Gasteiger partial charge in [-0.15, -0.1) is 12.4 Å². The van der Waals surface area contributed by atoms with Gasteiger partial charge in [0.2, 0.25) is 0 Å². The molecule has 1 amide bonds. The number of fused-ring (bicyclic) bond motifs is 1. The van der Waals surface area contributed by atoms with Crippen molar-refractivity contribution in [3.8, 4) is 5.75 Å². The lowest BCUT2D eigenvalue weighted by atomic mass is 10.2. The maximum absolute atomic E-state index is 13.3. The number of para-hydroxylation sites is 1. The number of carbonyl (C=O) groups excluding carboxylic acids is 1. The Kier molecular flexibility index (Phi) is 9.56. The number of thiazole rings is 1. The third kappa shape index (κ3) is 6.42. The third-order valence-electron chi connectivity index (χ3n) is 4.61. The van der Waals surface area contributed by atoms with E-state index >= 15 is 0 Å². The van der Waals surface area contributed by atoms with Crippen molar-refractivity contribution in [3.63, 3.8) is 0 Å². The van der Waals surface area contributed by atoms with Gasteiger partial charge in [-0.2, -0.15) is 0 Å². The first-order chi connectivity index (χ1) is 14.1. The highest BCUT2D eigenvalue weighted by atomic mass is 35.5. The molecule has 0 atom stereocenters. The Labute approximate surface area is 189 Å². The minimum atomic E-state index is -0.0251. The average molecular weight is 448 g/mol. The Morgan fingerprint density at radius 3 is 2.43 bits per heavy atom. The smallest absolute Gasteiger partial charge is 0.260 e. The molecule has 0 fully saturated rings. The zero-order valence-corrected chi connectivity index (χ0v) is 19.5. The zero-order chi connectivity index (χ0) is 20.6. The molecule has 30 heavy (non-hydrogen) atoms. The summed E-state index contributed by atoms with van der Waals surface area (Å²) in [6, 6.07) is 15.4. The fourth-order valence-electron chi connectivity index (χ4n) is 2.99. The van der Waals surface area contributed by atoms with Crippen LogP contribution < -0.4 is 9.64 Å². The van der Waals surface area contributed by atoms with Gasteiger partial charge in [-0.05, 0) is 69.9 Å². The molecule has 3 rings (SSSR count). The molecule has 0 saturated heterocycles. The van der Waals surface area contributed by atoms with E-state index in [1.807, 2.05) is 62.6 Å². The number of halogens is 1. The monoisotopic (exact) mass is 447 g/mol. The Bertz CT molecular complexity index is 895. The van der Waals surface area contributed by atoms with Gasteiger partial charge in [0.05, 0.1) is 16.8 Å². The number of benzene rings is 2. The first-order valence-electron chi connectivity index (χ1n) is 10.1. The first kappa shape index (κ1) is 24.1. The molecule has 1 aromatic heterocycles. The lowest BCUT2D eigenvalue weighted by Gasteiger charge is -2.21. The van der Waals surface area contributed by atoms with Gasteiger partial charge in [-0.3, -0.25) is 9.69 Å². The summed E-state index contributed by atoms with van der Waals surface area (Å²) in [5.41, 5.74) is 1.58. The fraction of sp³-hybridized carbons (Fsp3) is 0.391. The van der Waals surface area contributed by atoms with Crippen LogP contribution in [0, 0.1) is 0 Å². The Hall–Kier alpha value is -2.15. The number of carbonyl (C=O) groups is 1. The van der Waals surface area contributed by atoms with Crippen LogP contribution in [0.15, 0.2) is 48.5 Å². The van der Waals surface area contributed by atoms with Crippen LogP contribution in [0.4, 0.5) is 5.13 Å². The van der Waals surface area contributed by atoms with E-state index in [4.69, 9.17) is 9.72 Å². The average Bonchev–Trinajstić information content (AvgIpc) is 3.15. The van der Waals surface area contributed by atoms with E-state index in [0.29, 0.717) is 18.7 Å². The molecule has 162 valence electrons. The number of nitrogens with zero attached hydrogens (tertiary/aromatic N) is 3. The number of hydrogen-bond acceptors (Lipinski definition) is 5. The molecule has 0 aliphatic heterocycles. The molecule has 5 nitrogen and oxygen atoms in total. The fourth-order valence-corrected chi connectivity index (χ4v) is 3.98. The Morgan fingerprint density at radius 2 is 1.77 bits per heavy atom. The second-order valence-electron chi connectivity index (χ2n) is 7.30. The standard InChI is InChI=1S/C23H29N3O2S.ClH/c1-4-5-17-28-19-13-11-18(12-14-19)22(27)26(16-8-15-25(2)3)23-24-20-9-6-7-10-21(20)29-23;/h6-7,9-14H,4-5,8,15-17H2,1-3H3;1H. The Morgan fingerprint density at radius 1 is 1.03 bits per heavy atom. The SMILES string of the molecule is CCCCOc1ccc(C(=O)N(CCCN(C)C)c2nc3ccccc3s2)cc1.Cl. The van der Waals surface area contributed by atoms with Gasteiger partial charge in [0.1, 0.15) is 5.75 Å². The van der Waals surface area contributed by atoms with Gasteiger partial charge in [0, 0.05) is 12.1 Å². The number of ether oxygens (including phenoxy) is 1. The molecule has 2 aromatic carbocycles.